The molecule has 118 valence electrons. The number of amides is 1. The van der Waals surface area contributed by atoms with Gasteiger partial charge in [0.25, 0.3) is 0 Å². The molecule has 0 unspecified atom stereocenters. The number of carbonyl (C=O) groups is 1. The van der Waals surface area contributed by atoms with Crippen LogP contribution in [0.2, 0.25) is 0 Å². The van der Waals surface area contributed by atoms with Gasteiger partial charge in [-0.2, -0.15) is 0 Å². The normalized spacial score (nSPS) is 10.7. The molecule has 1 aromatic heterocycles. The van der Waals surface area contributed by atoms with Crippen LogP contribution in [0.4, 0.5) is 5.13 Å². The van der Waals surface area contributed by atoms with Crippen molar-refractivity contribution in [2.24, 2.45) is 0 Å². The number of likely N-dealkylation sites (N-methyl/N-ethyl adjacent to an activating group) is 1. The van der Waals surface area contributed by atoms with Crippen LogP contribution in [0.3, 0.4) is 0 Å². The Morgan fingerprint density at radius 2 is 2.23 bits per heavy atom. The largest absolute Gasteiger partial charge is 0.493 e. The van der Waals surface area contributed by atoms with E-state index < -0.39 is 0 Å². The van der Waals surface area contributed by atoms with E-state index in [4.69, 9.17) is 4.74 Å². The minimum absolute atomic E-state index is 0.0442. The van der Waals surface area contributed by atoms with Crippen molar-refractivity contribution in [3.63, 3.8) is 0 Å². The first-order valence-corrected chi connectivity index (χ1v) is 8.09. The predicted molar refractivity (Wildman–Crippen MR) is 89.5 cm³/mol. The highest BCUT2D eigenvalue weighted by Gasteiger charge is 2.08. The molecule has 0 atom stereocenters. The number of hydrogen-bond acceptors (Lipinski definition) is 5. The first-order valence-electron chi connectivity index (χ1n) is 7.21. The molecule has 0 saturated heterocycles. The summed E-state index contributed by atoms with van der Waals surface area (Å²) < 4.78 is 5.74. The highest BCUT2D eigenvalue weighted by molar-refractivity contribution is 7.13. The van der Waals surface area contributed by atoms with Crippen LogP contribution in [0.1, 0.15) is 12.0 Å². The van der Waals surface area contributed by atoms with Crippen LogP contribution in [0.25, 0.3) is 0 Å². The van der Waals surface area contributed by atoms with Crippen LogP contribution in [0, 0.1) is 6.92 Å². The summed E-state index contributed by atoms with van der Waals surface area (Å²) in [6.45, 7) is 3.83. The molecular formula is C16H21N3O2S. The molecule has 5 nitrogen and oxygen atoms in total. The number of nitrogens with one attached hydrogen (secondary N) is 1. The van der Waals surface area contributed by atoms with Crippen molar-refractivity contribution < 1.29 is 9.53 Å². The zero-order valence-corrected chi connectivity index (χ0v) is 13.7. The number of thiazole rings is 1. The lowest BCUT2D eigenvalue weighted by Gasteiger charge is -2.16. The monoisotopic (exact) mass is 319 g/mol. The summed E-state index contributed by atoms with van der Waals surface area (Å²) in [7, 11) is 1.93. The van der Waals surface area contributed by atoms with Gasteiger partial charge in [-0.05, 0) is 32.0 Å². The predicted octanol–water partition coefficient (Wildman–Crippen LogP) is 2.79. The summed E-state index contributed by atoms with van der Waals surface area (Å²) in [5, 5.41) is 5.25. The molecule has 1 aromatic carbocycles. The van der Waals surface area contributed by atoms with E-state index in [-0.39, 0.29) is 5.91 Å². The van der Waals surface area contributed by atoms with Crippen LogP contribution >= 0.6 is 11.3 Å². The minimum atomic E-state index is -0.0442. The average molecular weight is 319 g/mol. The molecule has 0 aliphatic carbocycles. The van der Waals surface area contributed by atoms with Gasteiger partial charge in [-0.3, -0.25) is 9.69 Å². The SMILES string of the molecule is Cc1ccccc1OCCCN(C)CC(=O)Nc1nccs1. The molecule has 0 aliphatic heterocycles. The lowest BCUT2D eigenvalue weighted by molar-refractivity contribution is -0.117. The Morgan fingerprint density at radius 3 is 2.95 bits per heavy atom. The summed E-state index contributed by atoms with van der Waals surface area (Å²) >= 11 is 1.42. The van der Waals surface area contributed by atoms with Crippen molar-refractivity contribution in [3.8, 4) is 5.75 Å². The molecule has 2 aromatic rings. The van der Waals surface area contributed by atoms with Crippen molar-refractivity contribution in [2.75, 3.05) is 32.1 Å². The number of aryl methyl sites for hydroxylation is 1. The summed E-state index contributed by atoms with van der Waals surface area (Å²) in [5.74, 6) is 0.879. The van der Waals surface area contributed by atoms with Crippen molar-refractivity contribution in [2.45, 2.75) is 13.3 Å². The second-order valence-electron chi connectivity index (χ2n) is 5.09. The highest BCUT2D eigenvalue weighted by Crippen LogP contribution is 2.16. The van der Waals surface area contributed by atoms with E-state index in [0.29, 0.717) is 18.3 Å². The number of aromatic nitrogens is 1. The Morgan fingerprint density at radius 1 is 1.41 bits per heavy atom. The second kappa shape index (κ2) is 8.51. The number of ether oxygens (including phenoxy) is 1. The summed E-state index contributed by atoms with van der Waals surface area (Å²) in [6, 6.07) is 7.97. The van der Waals surface area contributed by atoms with Crippen molar-refractivity contribution >= 4 is 22.4 Å². The number of nitrogens with zero attached hydrogens (tertiary/aromatic N) is 2. The number of benzene rings is 1. The first-order chi connectivity index (χ1) is 10.6. The molecule has 0 radical (unpaired) electrons. The maximum atomic E-state index is 11.8. The van der Waals surface area contributed by atoms with Gasteiger partial charge < -0.3 is 10.1 Å². The Balaban J connectivity index is 1.62. The number of carbonyl (C=O) groups excluding carboxylic acids is 1. The van der Waals surface area contributed by atoms with E-state index in [1.54, 1.807) is 6.20 Å². The zero-order chi connectivity index (χ0) is 15.8. The standard InChI is InChI=1S/C16H21N3O2S/c1-13-6-3-4-7-14(13)21-10-5-9-19(2)12-15(20)18-16-17-8-11-22-16/h3-4,6-8,11H,5,9-10,12H2,1-2H3,(H,17,18,20). The van der Waals surface area contributed by atoms with Gasteiger partial charge in [-0.1, -0.05) is 18.2 Å². The van der Waals surface area contributed by atoms with E-state index in [1.165, 1.54) is 11.3 Å². The Labute approximate surface area is 134 Å². The van der Waals surface area contributed by atoms with Crippen LogP contribution in [0.5, 0.6) is 5.75 Å². The molecule has 2 rings (SSSR count). The van der Waals surface area contributed by atoms with Crippen LogP contribution in [-0.4, -0.2) is 42.5 Å². The fourth-order valence-electron chi connectivity index (χ4n) is 2.00. The molecular weight excluding hydrogens is 298 g/mol. The molecule has 0 fully saturated rings. The zero-order valence-electron chi connectivity index (χ0n) is 12.9. The third kappa shape index (κ3) is 5.46. The topological polar surface area (TPSA) is 54.5 Å². The molecule has 0 spiro atoms. The van der Waals surface area contributed by atoms with Gasteiger partial charge in [0.15, 0.2) is 5.13 Å². The lowest BCUT2D eigenvalue weighted by Crippen LogP contribution is -2.31. The van der Waals surface area contributed by atoms with Crippen LogP contribution in [0.15, 0.2) is 35.8 Å². The maximum absolute atomic E-state index is 11.8. The molecule has 1 heterocycles. The molecule has 1 N–H and O–H groups in total. The van der Waals surface area contributed by atoms with E-state index in [1.807, 2.05) is 48.5 Å². The van der Waals surface area contributed by atoms with Crippen molar-refractivity contribution in [1.82, 2.24) is 9.88 Å². The van der Waals surface area contributed by atoms with E-state index in [2.05, 4.69) is 10.3 Å². The van der Waals surface area contributed by atoms with E-state index in [0.717, 1.165) is 24.3 Å². The lowest BCUT2D eigenvalue weighted by atomic mass is 10.2. The minimum Gasteiger partial charge on any atom is -0.493 e. The Bertz CT molecular complexity index is 587. The fraction of sp³-hybridized carbons (Fsp3) is 0.375. The summed E-state index contributed by atoms with van der Waals surface area (Å²) in [4.78, 5) is 17.8. The number of para-hydroxylation sites is 1. The second-order valence-corrected chi connectivity index (χ2v) is 5.99. The van der Waals surface area contributed by atoms with Crippen molar-refractivity contribution in [3.05, 3.63) is 41.4 Å². The molecule has 0 saturated carbocycles. The number of anilines is 1. The molecule has 0 aliphatic rings. The van der Waals surface area contributed by atoms with Gasteiger partial charge in [0.2, 0.25) is 5.91 Å². The fourth-order valence-corrected chi connectivity index (χ4v) is 2.55. The van der Waals surface area contributed by atoms with Gasteiger partial charge in [-0.15, -0.1) is 11.3 Å². The summed E-state index contributed by atoms with van der Waals surface area (Å²) in [6.07, 6.45) is 2.54. The van der Waals surface area contributed by atoms with Crippen LogP contribution in [-0.2, 0) is 4.79 Å². The van der Waals surface area contributed by atoms with Crippen LogP contribution < -0.4 is 10.1 Å². The Kier molecular flexibility index (Phi) is 6.36. The molecule has 22 heavy (non-hydrogen) atoms. The van der Waals surface area contributed by atoms with Gasteiger partial charge in [0, 0.05) is 18.1 Å². The van der Waals surface area contributed by atoms with E-state index >= 15 is 0 Å². The maximum Gasteiger partial charge on any atom is 0.240 e. The van der Waals surface area contributed by atoms with Gasteiger partial charge in [-0.25, -0.2) is 4.98 Å². The van der Waals surface area contributed by atoms with Crippen molar-refractivity contribution in [1.29, 1.82) is 0 Å². The summed E-state index contributed by atoms with van der Waals surface area (Å²) in [5.41, 5.74) is 1.14. The number of rotatable bonds is 8. The number of hydrogen-bond donors (Lipinski definition) is 1. The van der Waals surface area contributed by atoms with E-state index in [9.17, 15) is 4.79 Å². The third-order valence-electron chi connectivity index (χ3n) is 3.13. The molecule has 6 heteroatoms. The molecule has 1 amide bonds. The smallest absolute Gasteiger partial charge is 0.240 e. The highest BCUT2D eigenvalue weighted by atomic mass is 32.1. The van der Waals surface area contributed by atoms with Gasteiger partial charge in [0.1, 0.15) is 5.75 Å². The Hall–Kier alpha value is -1.92. The molecule has 0 bridgehead atoms. The third-order valence-corrected chi connectivity index (χ3v) is 3.82. The van der Waals surface area contributed by atoms with Gasteiger partial charge >= 0.3 is 0 Å². The van der Waals surface area contributed by atoms with Gasteiger partial charge in [0.05, 0.1) is 13.2 Å². The average Bonchev–Trinajstić information content (AvgIpc) is 2.98. The first kappa shape index (κ1) is 16.5. The quantitative estimate of drug-likeness (QED) is 0.760.